The van der Waals surface area contributed by atoms with Gasteiger partial charge < -0.3 is 24.8 Å². The minimum Gasteiger partial charge on any atom is -0.493 e. The molecule has 0 heterocycles. The van der Waals surface area contributed by atoms with Crippen molar-refractivity contribution in [3.63, 3.8) is 0 Å². The van der Waals surface area contributed by atoms with Gasteiger partial charge in [0.15, 0.2) is 11.5 Å². The number of rotatable bonds is 8. The van der Waals surface area contributed by atoms with Gasteiger partial charge in [-0.3, -0.25) is 4.79 Å². The van der Waals surface area contributed by atoms with Gasteiger partial charge in [-0.15, -0.1) is 0 Å². The van der Waals surface area contributed by atoms with Crippen LogP contribution in [0.25, 0.3) is 0 Å². The lowest BCUT2D eigenvalue weighted by Crippen LogP contribution is -2.17. The first-order valence-corrected chi connectivity index (χ1v) is 8.46. The van der Waals surface area contributed by atoms with Crippen molar-refractivity contribution in [2.75, 3.05) is 38.5 Å². The molecule has 2 aromatic rings. The third kappa shape index (κ3) is 4.73. The van der Waals surface area contributed by atoms with Crippen LogP contribution in [0.2, 0.25) is 5.02 Å². The quantitative estimate of drug-likeness (QED) is 0.723. The molecule has 2 rings (SSSR count). The molecule has 0 aromatic heterocycles. The van der Waals surface area contributed by atoms with Crippen LogP contribution in [0, 0.1) is 6.92 Å². The summed E-state index contributed by atoms with van der Waals surface area (Å²) in [5.74, 6) is 1.52. The molecule has 0 radical (unpaired) electrons. The minimum absolute atomic E-state index is 0.102. The molecule has 7 heteroatoms. The Hall–Kier alpha value is -2.60. The van der Waals surface area contributed by atoms with Crippen molar-refractivity contribution < 1.29 is 19.0 Å². The second-order valence-corrected chi connectivity index (χ2v) is 5.96. The number of halogens is 1. The number of hydrogen-bond acceptors (Lipinski definition) is 5. The van der Waals surface area contributed by atoms with Crippen LogP contribution in [-0.2, 0) is 4.79 Å². The normalized spacial score (nSPS) is 10.2. The third-order valence-corrected chi connectivity index (χ3v) is 4.30. The largest absolute Gasteiger partial charge is 0.493 e. The van der Waals surface area contributed by atoms with Crippen LogP contribution in [0.5, 0.6) is 17.2 Å². The van der Waals surface area contributed by atoms with Crippen molar-refractivity contribution in [1.29, 1.82) is 0 Å². The maximum Gasteiger partial charge on any atom is 0.226 e. The molecule has 2 aromatic carbocycles. The fourth-order valence-electron chi connectivity index (χ4n) is 2.46. The second kappa shape index (κ2) is 9.20. The number of ether oxygens (including phenoxy) is 3. The fourth-order valence-corrected chi connectivity index (χ4v) is 2.63. The number of carbonyl (C=O) groups is 1. The first-order chi connectivity index (χ1) is 12.5. The zero-order chi connectivity index (χ0) is 19.1. The molecule has 0 bridgehead atoms. The van der Waals surface area contributed by atoms with Gasteiger partial charge in [0, 0.05) is 41.5 Å². The molecule has 0 unspecified atom stereocenters. The molecule has 6 nitrogen and oxygen atoms in total. The van der Waals surface area contributed by atoms with Crippen molar-refractivity contribution >= 4 is 28.9 Å². The molecule has 0 aliphatic heterocycles. The average Bonchev–Trinajstić information content (AvgIpc) is 2.64. The molecule has 2 N–H and O–H groups in total. The number of nitrogens with one attached hydrogen (secondary N) is 2. The number of benzene rings is 2. The van der Waals surface area contributed by atoms with Gasteiger partial charge in [-0.2, -0.15) is 0 Å². The molecule has 1 amide bonds. The van der Waals surface area contributed by atoms with Crippen LogP contribution in [0.3, 0.4) is 0 Å². The highest BCUT2D eigenvalue weighted by atomic mass is 35.5. The first-order valence-electron chi connectivity index (χ1n) is 8.09. The smallest absolute Gasteiger partial charge is 0.226 e. The Labute approximate surface area is 158 Å². The Bertz CT molecular complexity index is 755. The zero-order valence-corrected chi connectivity index (χ0v) is 16.1. The Morgan fingerprint density at radius 1 is 1.08 bits per heavy atom. The van der Waals surface area contributed by atoms with Gasteiger partial charge in [0.2, 0.25) is 11.7 Å². The fraction of sp³-hybridized carbons (Fsp3) is 0.316. The highest BCUT2D eigenvalue weighted by Crippen LogP contribution is 2.39. The van der Waals surface area contributed by atoms with Crippen molar-refractivity contribution in [3.8, 4) is 17.2 Å². The second-order valence-electron chi connectivity index (χ2n) is 5.55. The molecular formula is C19H23ClN2O4. The molecule has 0 atom stereocenters. The van der Waals surface area contributed by atoms with Gasteiger partial charge in [-0.25, -0.2) is 0 Å². The van der Waals surface area contributed by atoms with Gasteiger partial charge in [0.05, 0.1) is 21.3 Å². The molecule has 0 saturated carbocycles. The lowest BCUT2D eigenvalue weighted by atomic mass is 10.2. The number of methoxy groups -OCH3 is 3. The van der Waals surface area contributed by atoms with E-state index in [-0.39, 0.29) is 5.91 Å². The number of hydrogen-bond donors (Lipinski definition) is 2. The highest BCUT2D eigenvalue weighted by molar-refractivity contribution is 6.31. The van der Waals surface area contributed by atoms with Gasteiger partial charge >= 0.3 is 0 Å². The highest BCUT2D eigenvalue weighted by Gasteiger charge is 2.13. The molecule has 140 valence electrons. The Morgan fingerprint density at radius 3 is 2.31 bits per heavy atom. The molecule has 26 heavy (non-hydrogen) atoms. The lowest BCUT2D eigenvalue weighted by molar-refractivity contribution is -0.115. The Kier molecular flexibility index (Phi) is 6.97. The summed E-state index contributed by atoms with van der Waals surface area (Å²) in [6, 6.07) is 9.00. The van der Waals surface area contributed by atoms with E-state index in [9.17, 15) is 4.79 Å². The van der Waals surface area contributed by atoms with E-state index in [1.54, 1.807) is 45.6 Å². The summed E-state index contributed by atoms with van der Waals surface area (Å²) < 4.78 is 15.9. The van der Waals surface area contributed by atoms with E-state index in [2.05, 4.69) is 10.6 Å². The van der Waals surface area contributed by atoms with E-state index in [1.165, 1.54) is 0 Å². The number of anilines is 2. The van der Waals surface area contributed by atoms with Gasteiger partial charge in [-0.1, -0.05) is 17.7 Å². The van der Waals surface area contributed by atoms with Crippen LogP contribution in [0.15, 0.2) is 30.3 Å². The third-order valence-electron chi connectivity index (χ3n) is 3.89. The van der Waals surface area contributed by atoms with Gasteiger partial charge in [0.1, 0.15) is 0 Å². The van der Waals surface area contributed by atoms with Crippen LogP contribution >= 0.6 is 11.6 Å². The van der Waals surface area contributed by atoms with Crippen molar-refractivity contribution in [2.45, 2.75) is 13.3 Å². The van der Waals surface area contributed by atoms with E-state index in [4.69, 9.17) is 25.8 Å². The van der Waals surface area contributed by atoms with Crippen LogP contribution in [0.1, 0.15) is 12.0 Å². The van der Waals surface area contributed by atoms with E-state index in [0.717, 1.165) is 16.9 Å². The predicted octanol–water partition coefficient (Wildman–Crippen LogP) is 4.11. The monoisotopic (exact) mass is 378 g/mol. The first kappa shape index (κ1) is 19.7. The Morgan fingerprint density at radius 2 is 1.73 bits per heavy atom. The maximum absolute atomic E-state index is 12.1. The minimum atomic E-state index is -0.102. The van der Waals surface area contributed by atoms with Crippen LogP contribution in [0.4, 0.5) is 11.4 Å². The summed E-state index contributed by atoms with van der Waals surface area (Å²) in [6.07, 6.45) is 0.294. The Balaban J connectivity index is 1.97. The maximum atomic E-state index is 12.1. The summed E-state index contributed by atoms with van der Waals surface area (Å²) >= 11 is 6.07. The summed E-state index contributed by atoms with van der Waals surface area (Å²) in [6.45, 7) is 2.32. The van der Waals surface area contributed by atoms with E-state index in [1.807, 2.05) is 13.0 Å². The van der Waals surface area contributed by atoms with E-state index >= 15 is 0 Å². The van der Waals surface area contributed by atoms with E-state index in [0.29, 0.717) is 35.2 Å². The standard InChI is InChI=1S/C19H23ClN2O4/c1-12-14(20)6-5-7-15(12)22-18(23)8-9-21-13-10-16(24-2)19(26-4)17(11-13)25-3/h5-7,10-11,21H,8-9H2,1-4H3,(H,22,23). The van der Waals surface area contributed by atoms with Crippen molar-refractivity contribution in [1.82, 2.24) is 0 Å². The molecule has 0 aliphatic rings. The van der Waals surface area contributed by atoms with Crippen molar-refractivity contribution in [2.24, 2.45) is 0 Å². The summed E-state index contributed by atoms with van der Waals surface area (Å²) in [7, 11) is 4.67. The molecular weight excluding hydrogens is 356 g/mol. The average molecular weight is 379 g/mol. The zero-order valence-electron chi connectivity index (χ0n) is 15.3. The van der Waals surface area contributed by atoms with E-state index < -0.39 is 0 Å². The predicted molar refractivity (Wildman–Crippen MR) is 104 cm³/mol. The lowest BCUT2D eigenvalue weighted by Gasteiger charge is -2.15. The van der Waals surface area contributed by atoms with Crippen LogP contribution in [-0.4, -0.2) is 33.8 Å². The van der Waals surface area contributed by atoms with Gasteiger partial charge in [-0.05, 0) is 24.6 Å². The molecule has 0 fully saturated rings. The SMILES string of the molecule is COc1cc(NCCC(=O)Nc2cccc(Cl)c2C)cc(OC)c1OC. The summed E-state index contributed by atoms with van der Waals surface area (Å²) in [5.41, 5.74) is 2.33. The topological polar surface area (TPSA) is 68.8 Å². The summed E-state index contributed by atoms with van der Waals surface area (Å²) in [4.78, 5) is 12.1. The summed E-state index contributed by atoms with van der Waals surface area (Å²) in [5, 5.41) is 6.68. The molecule has 0 spiro atoms. The van der Waals surface area contributed by atoms with Crippen LogP contribution < -0.4 is 24.8 Å². The van der Waals surface area contributed by atoms with Gasteiger partial charge in [0.25, 0.3) is 0 Å². The number of amides is 1. The van der Waals surface area contributed by atoms with Crippen molar-refractivity contribution in [3.05, 3.63) is 40.9 Å². The number of carbonyl (C=O) groups excluding carboxylic acids is 1. The molecule has 0 aliphatic carbocycles. The molecule has 0 saturated heterocycles.